The van der Waals surface area contributed by atoms with Crippen LogP contribution < -0.4 is 5.32 Å². The molecule has 0 saturated heterocycles. The summed E-state index contributed by atoms with van der Waals surface area (Å²) in [7, 11) is 0. The van der Waals surface area contributed by atoms with Gasteiger partial charge in [-0.1, -0.05) is 61.7 Å². The third kappa shape index (κ3) is 3.60. The van der Waals surface area contributed by atoms with Crippen LogP contribution >= 0.6 is 35.0 Å². The first kappa shape index (κ1) is 15.9. The topological polar surface area (TPSA) is 24.4 Å². The molecule has 1 aliphatic rings. The molecule has 0 fully saturated rings. The molecular formula is C14H17Cl2FN2S. The maximum Gasteiger partial charge on any atom is 0.161 e. The van der Waals surface area contributed by atoms with Crippen molar-refractivity contribution in [3.8, 4) is 0 Å². The fraction of sp³-hybridized carbons (Fsp3) is 0.500. The summed E-state index contributed by atoms with van der Waals surface area (Å²) in [6.45, 7) is 5.24. The molecule has 1 aromatic rings. The molecule has 1 heterocycles. The minimum absolute atomic E-state index is 0.0140. The Bertz CT molecular complexity index is 495. The van der Waals surface area contributed by atoms with E-state index >= 15 is 0 Å². The highest BCUT2D eigenvalue weighted by Gasteiger charge is 2.26. The highest BCUT2D eigenvalue weighted by molar-refractivity contribution is 8.15. The van der Waals surface area contributed by atoms with E-state index < -0.39 is 5.82 Å². The van der Waals surface area contributed by atoms with Crippen LogP contribution in [0.5, 0.6) is 0 Å². The first-order chi connectivity index (χ1) is 9.55. The van der Waals surface area contributed by atoms with Gasteiger partial charge in [-0.15, -0.1) is 0 Å². The van der Waals surface area contributed by atoms with Crippen LogP contribution in [-0.2, 0) is 0 Å². The van der Waals surface area contributed by atoms with Crippen molar-refractivity contribution >= 4 is 45.8 Å². The van der Waals surface area contributed by atoms with E-state index in [-0.39, 0.29) is 10.0 Å². The lowest BCUT2D eigenvalue weighted by molar-refractivity contribution is 0.479. The second-order valence-electron chi connectivity index (χ2n) is 4.76. The lowest BCUT2D eigenvalue weighted by atomic mass is 9.99. The number of anilines is 1. The first-order valence-corrected chi connectivity index (χ1v) is 8.31. The molecule has 1 N–H and O–H groups in total. The molecule has 0 aliphatic carbocycles. The van der Waals surface area contributed by atoms with Crippen molar-refractivity contribution in [3.05, 3.63) is 28.0 Å². The Hall–Kier alpha value is -0.450. The van der Waals surface area contributed by atoms with Crippen LogP contribution in [0.15, 0.2) is 17.1 Å². The van der Waals surface area contributed by atoms with Crippen molar-refractivity contribution in [1.82, 2.24) is 0 Å². The summed E-state index contributed by atoms with van der Waals surface area (Å²) in [6.07, 6.45) is 2.32. The summed E-state index contributed by atoms with van der Waals surface area (Å²) in [5.74, 6) is 0.0817. The van der Waals surface area contributed by atoms with Crippen LogP contribution in [0.2, 0.25) is 10.0 Å². The molecule has 0 aromatic heterocycles. The van der Waals surface area contributed by atoms with Crippen molar-refractivity contribution in [2.24, 2.45) is 10.9 Å². The predicted molar refractivity (Wildman–Crippen MR) is 87.8 cm³/mol. The van der Waals surface area contributed by atoms with E-state index in [4.69, 9.17) is 23.2 Å². The van der Waals surface area contributed by atoms with Gasteiger partial charge in [0.1, 0.15) is 0 Å². The molecule has 0 radical (unpaired) electrons. The maximum atomic E-state index is 13.4. The molecule has 0 amide bonds. The summed E-state index contributed by atoms with van der Waals surface area (Å²) >= 11 is 13.3. The Balaban J connectivity index is 2.02. The Morgan fingerprint density at radius 3 is 2.50 bits per heavy atom. The smallest absolute Gasteiger partial charge is 0.161 e. The lowest BCUT2D eigenvalue weighted by Gasteiger charge is -2.18. The molecule has 1 aliphatic heterocycles. The molecule has 1 atom stereocenters. The third-order valence-electron chi connectivity index (χ3n) is 3.49. The highest BCUT2D eigenvalue weighted by Crippen LogP contribution is 2.33. The molecule has 1 unspecified atom stereocenters. The molecule has 0 spiro atoms. The number of amidine groups is 1. The SMILES string of the molecule is CCC(CC)C1CN=C(Nc2cc(Cl)c(F)c(Cl)c2)S1. The molecule has 0 bridgehead atoms. The third-order valence-corrected chi connectivity index (χ3v) is 5.33. The van der Waals surface area contributed by atoms with E-state index in [1.165, 1.54) is 12.1 Å². The van der Waals surface area contributed by atoms with Crippen LogP contribution in [0.25, 0.3) is 0 Å². The predicted octanol–water partition coefficient (Wildman–Crippen LogP) is 5.45. The molecule has 2 rings (SSSR count). The van der Waals surface area contributed by atoms with E-state index in [1.807, 2.05) is 0 Å². The van der Waals surface area contributed by atoms with E-state index in [0.29, 0.717) is 16.9 Å². The van der Waals surface area contributed by atoms with Crippen molar-refractivity contribution < 1.29 is 4.39 Å². The van der Waals surface area contributed by atoms with Crippen LogP contribution in [0.4, 0.5) is 10.1 Å². The number of aliphatic imine (C=N–C) groups is 1. The van der Waals surface area contributed by atoms with Gasteiger partial charge in [-0.25, -0.2) is 4.39 Å². The van der Waals surface area contributed by atoms with E-state index in [1.54, 1.807) is 11.8 Å². The van der Waals surface area contributed by atoms with Crippen LogP contribution in [0.1, 0.15) is 26.7 Å². The molecule has 1 aromatic carbocycles. The summed E-state index contributed by atoms with van der Waals surface area (Å²) in [6, 6.07) is 3.05. The van der Waals surface area contributed by atoms with Gasteiger partial charge in [0, 0.05) is 10.9 Å². The van der Waals surface area contributed by atoms with Crippen LogP contribution in [-0.4, -0.2) is 17.0 Å². The number of thioether (sulfide) groups is 1. The summed E-state index contributed by atoms with van der Waals surface area (Å²) in [5.41, 5.74) is 0.665. The largest absolute Gasteiger partial charge is 0.335 e. The van der Waals surface area contributed by atoms with Gasteiger partial charge in [0.2, 0.25) is 0 Å². The van der Waals surface area contributed by atoms with Gasteiger partial charge in [0.05, 0.1) is 16.6 Å². The minimum atomic E-state index is -0.588. The molecule has 2 nitrogen and oxygen atoms in total. The normalized spacial score (nSPS) is 18.5. The van der Waals surface area contributed by atoms with Gasteiger partial charge in [-0.3, -0.25) is 4.99 Å². The minimum Gasteiger partial charge on any atom is -0.335 e. The Labute approximate surface area is 133 Å². The Morgan fingerprint density at radius 2 is 1.95 bits per heavy atom. The van der Waals surface area contributed by atoms with Crippen molar-refractivity contribution in [3.63, 3.8) is 0 Å². The molecule has 0 saturated carbocycles. The van der Waals surface area contributed by atoms with Crippen LogP contribution in [0.3, 0.4) is 0 Å². The zero-order valence-corrected chi connectivity index (χ0v) is 13.7. The fourth-order valence-electron chi connectivity index (χ4n) is 2.27. The van der Waals surface area contributed by atoms with Crippen molar-refractivity contribution in [2.75, 3.05) is 11.9 Å². The van der Waals surface area contributed by atoms with Gasteiger partial charge in [-0.05, 0) is 18.1 Å². The Kier molecular flexibility index (Phi) is 5.58. The molecule has 20 heavy (non-hydrogen) atoms. The zero-order valence-electron chi connectivity index (χ0n) is 11.4. The number of benzene rings is 1. The summed E-state index contributed by atoms with van der Waals surface area (Å²) in [4.78, 5) is 4.50. The zero-order chi connectivity index (χ0) is 14.7. The average molecular weight is 335 g/mol. The second-order valence-corrected chi connectivity index (χ2v) is 6.80. The standard InChI is InChI=1S/C14H17Cl2FN2S/c1-3-8(4-2)12-7-18-14(20-12)19-9-5-10(15)13(17)11(16)6-9/h5-6,8,12H,3-4,7H2,1-2H3,(H,18,19). The number of hydrogen-bond donors (Lipinski definition) is 1. The first-order valence-electron chi connectivity index (χ1n) is 6.67. The van der Waals surface area contributed by atoms with E-state index in [0.717, 1.165) is 24.6 Å². The van der Waals surface area contributed by atoms with Gasteiger partial charge in [-0.2, -0.15) is 0 Å². The van der Waals surface area contributed by atoms with Gasteiger partial charge >= 0.3 is 0 Å². The number of rotatable bonds is 4. The quantitative estimate of drug-likeness (QED) is 0.740. The van der Waals surface area contributed by atoms with Gasteiger partial charge in [0.15, 0.2) is 11.0 Å². The monoisotopic (exact) mass is 334 g/mol. The average Bonchev–Trinajstić information content (AvgIpc) is 2.86. The van der Waals surface area contributed by atoms with E-state index in [9.17, 15) is 4.39 Å². The lowest BCUT2D eigenvalue weighted by Crippen LogP contribution is -2.17. The molecule has 6 heteroatoms. The maximum absolute atomic E-state index is 13.4. The number of nitrogens with one attached hydrogen (secondary N) is 1. The fourth-order valence-corrected chi connectivity index (χ4v) is 4.10. The van der Waals surface area contributed by atoms with E-state index in [2.05, 4.69) is 24.2 Å². The van der Waals surface area contributed by atoms with Gasteiger partial charge < -0.3 is 5.32 Å². The Morgan fingerprint density at radius 1 is 1.35 bits per heavy atom. The number of halogens is 3. The summed E-state index contributed by atoms with van der Waals surface area (Å²) in [5, 5.41) is 4.55. The second kappa shape index (κ2) is 7.01. The number of nitrogens with zero attached hydrogens (tertiary/aromatic N) is 1. The summed E-state index contributed by atoms with van der Waals surface area (Å²) < 4.78 is 13.4. The van der Waals surface area contributed by atoms with Gasteiger partial charge in [0.25, 0.3) is 0 Å². The number of hydrogen-bond acceptors (Lipinski definition) is 3. The van der Waals surface area contributed by atoms with Crippen molar-refractivity contribution in [2.45, 2.75) is 31.9 Å². The highest BCUT2D eigenvalue weighted by atomic mass is 35.5. The molecule has 110 valence electrons. The van der Waals surface area contributed by atoms with Crippen molar-refractivity contribution in [1.29, 1.82) is 0 Å². The van der Waals surface area contributed by atoms with Crippen LogP contribution in [0, 0.1) is 11.7 Å². The molecular weight excluding hydrogens is 318 g/mol.